The molecular formula is C64H46B2N6O2S2. The molecule has 4 heterocycles. The predicted octanol–water partition coefficient (Wildman–Crippen LogP) is 10.5. The second-order valence-electron chi connectivity index (χ2n) is 18.2. The zero-order chi connectivity index (χ0) is 51.5. The van der Waals surface area contributed by atoms with E-state index in [2.05, 4.69) is 155 Å². The summed E-state index contributed by atoms with van der Waals surface area (Å²) >= 11 is 2.99. The van der Waals surface area contributed by atoms with Crippen molar-refractivity contribution in [1.29, 1.82) is 10.5 Å². The molecule has 12 aromatic rings. The third-order valence-electron chi connectivity index (χ3n) is 13.7. The Morgan fingerprint density at radius 3 is 1.12 bits per heavy atom. The maximum absolute atomic E-state index is 12.2. The molecule has 0 unspecified atom stereocenters. The minimum atomic E-state index is -0.524. The quantitative estimate of drug-likeness (QED) is 0.101. The van der Waals surface area contributed by atoms with E-state index < -0.39 is 13.7 Å². The van der Waals surface area contributed by atoms with Crippen LogP contribution in [-0.2, 0) is 0 Å². The Balaban J connectivity index is 1.46. The van der Waals surface area contributed by atoms with Crippen LogP contribution in [0.4, 0.5) is 0 Å². The van der Waals surface area contributed by atoms with Crippen LogP contribution in [0.1, 0.15) is 23.9 Å². The van der Waals surface area contributed by atoms with E-state index in [4.69, 9.17) is 19.4 Å². The van der Waals surface area contributed by atoms with Crippen molar-refractivity contribution >= 4 is 101 Å². The van der Waals surface area contributed by atoms with E-state index in [1.165, 1.54) is 22.7 Å². The number of hydrogen-bond acceptors (Lipinski definition) is 8. The number of hydrogen-bond donors (Lipinski definition) is 0. The molecule has 0 aliphatic heterocycles. The molecule has 0 saturated carbocycles. The van der Waals surface area contributed by atoms with E-state index >= 15 is 0 Å². The number of para-hydroxylation sites is 2. The van der Waals surface area contributed by atoms with Crippen LogP contribution in [0.3, 0.4) is 0 Å². The summed E-state index contributed by atoms with van der Waals surface area (Å²) < 4.78 is 19.3. The van der Waals surface area contributed by atoms with E-state index in [-0.39, 0.29) is 0 Å². The van der Waals surface area contributed by atoms with Gasteiger partial charge in [0, 0.05) is 33.3 Å². The van der Waals surface area contributed by atoms with E-state index in [0.29, 0.717) is 56.6 Å². The summed E-state index contributed by atoms with van der Waals surface area (Å²) in [5.41, 5.74) is 9.55. The lowest BCUT2D eigenvalue weighted by molar-refractivity contribution is 0.340. The van der Waals surface area contributed by atoms with Crippen LogP contribution in [0.5, 0.6) is 11.5 Å². The van der Waals surface area contributed by atoms with E-state index in [1.54, 1.807) is 0 Å². The van der Waals surface area contributed by atoms with Crippen molar-refractivity contribution in [3.63, 3.8) is 0 Å². The zero-order valence-corrected chi connectivity index (χ0v) is 43.3. The molecule has 0 atom stereocenters. The Morgan fingerprint density at radius 1 is 0.447 bits per heavy atom. The first-order valence-corrected chi connectivity index (χ1v) is 26.9. The summed E-state index contributed by atoms with van der Waals surface area (Å²) in [5, 5.41) is 28.4. The van der Waals surface area contributed by atoms with Gasteiger partial charge in [0.25, 0.3) is 0 Å². The number of aromatic nitrogens is 4. The van der Waals surface area contributed by atoms with Gasteiger partial charge in [-0.15, -0.1) is 22.7 Å². The third-order valence-corrected chi connectivity index (χ3v) is 15.8. The number of rotatable bonds is 14. The number of thiazole rings is 2. The van der Waals surface area contributed by atoms with Crippen LogP contribution in [0.25, 0.3) is 64.9 Å². The van der Waals surface area contributed by atoms with Gasteiger partial charge in [0.1, 0.15) is 44.8 Å². The lowest BCUT2D eigenvalue weighted by Gasteiger charge is -2.24. The standard InChI is InChI=1S/C64H46B2N6O2S2/c1-3-73-49-33-21-23-43(39-49)59-57-58(62(52(42-68)64-70-54-36-18-20-38-56(54)76-64)71(59)65(45-25-9-5-10-26-45)46-27-11-6-12-28-46)60(44-24-22-34-50(40-44)74-4-2)72(66(47-29-13-7-14-30-47)48-31-15-8-16-32-48)61(57)51(41-67)63-69-53-35-17-19-37-55(53)75-63/h5-40H,3-4H2,1-2H3/b61-51-,62-52-. The van der Waals surface area contributed by atoms with Gasteiger partial charge in [0.05, 0.1) is 44.3 Å². The number of benzene rings is 8. The monoisotopic (exact) mass is 1020 g/mol. The molecule has 0 aliphatic carbocycles. The van der Waals surface area contributed by atoms with Crippen LogP contribution < -0.4 is 42.0 Å². The summed E-state index contributed by atoms with van der Waals surface area (Å²) in [6.45, 7) is 3.83. The molecule has 8 aromatic carbocycles. The summed E-state index contributed by atoms with van der Waals surface area (Å²) in [4.78, 5) is 10.6. The van der Waals surface area contributed by atoms with Gasteiger partial charge in [-0.2, -0.15) is 10.5 Å². The Morgan fingerprint density at radius 2 is 0.789 bits per heavy atom. The van der Waals surface area contributed by atoms with E-state index in [0.717, 1.165) is 75.6 Å². The number of ether oxygens (including phenoxy) is 2. The molecule has 0 radical (unpaired) electrons. The van der Waals surface area contributed by atoms with Gasteiger partial charge in [-0.3, -0.25) is 0 Å². The highest BCUT2D eigenvalue weighted by Crippen LogP contribution is 2.39. The van der Waals surface area contributed by atoms with E-state index in [1.807, 2.05) is 98.8 Å². The minimum Gasteiger partial charge on any atom is -0.494 e. The third kappa shape index (κ3) is 8.64. The van der Waals surface area contributed by atoms with Crippen LogP contribution >= 0.6 is 22.7 Å². The average Bonchev–Trinajstić information content (AvgIpc) is 4.29. The second kappa shape index (κ2) is 21.0. The molecule has 12 rings (SSSR count). The molecule has 0 aliphatic rings. The van der Waals surface area contributed by atoms with Crippen molar-refractivity contribution in [2.45, 2.75) is 13.8 Å². The van der Waals surface area contributed by atoms with Gasteiger partial charge in [0.2, 0.25) is 0 Å². The number of nitrogens with zero attached hydrogens (tertiary/aromatic N) is 6. The highest BCUT2D eigenvalue weighted by Gasteiger charge is 2.38. The lowest BCUT2D eigenvalue weighted by atomic mass is 9.50. The van der Waals surface area contributed by atoms with Crippen molar-refractivity contribution in [2.75, 3.05) is 13.2 Å². The van der Waals surface area contributed by atoms with Gasteiger partial charge in [-0.1, -0.05) is 192 Å². The summed E-state index contributed by atoms with van der Waals surface area (Å²) in [5.74, 6) is 1.36. The van der Waals surface area contributed by atoms with Crippen LogP contribution in [0, 0.1) is 22.7 Å². The first kappa shape index (κ1) is 47.8. The fourth-order valence-electron chi connectivity index (χ4n) is 10.7. The van der Waals surface area contributed by atoms with Gasteiger partial charge in [0.15, 0.2) is 0 Å². The molecule has 8 nitrogen and oxygen atoms in total. The van der Waals surface area contributed by atoms with Crippen molar-refractivity contribution in [3.8, 4) is 46.2 Å². The van der Waals surface area contributed by atoms with Crippen LogP contribution in [-0.4, -0.2) is 45.8 Å². The molecule has 4 aromatic heterocycles. The average molecular weight is 1020 g/mol. The maximum Gasteiger partial charge on any atom is 0.328 e. The highest BCUT2D eigenvalue weighted by atomic mass is 32.1. The normalized spacial score (nSPS) is 12.1. The summed E-state index contributed by atoms with van der Waals surface area (Å²) in [7, 11) is 0. The van der Waals surface area contributed by atoms with E-state index in [9.17, 15) is 10.5 Å². The van der Waals surface area contributed by atoms with Gasteiger partial charge < -0.3 is 18.4 Å². The molecule has 362 valence electrons. The fraction of sp³-hybridized carbons (Fsp3) is 0.0625. The molecule has 0 saturated heterocycles. The minimum absolute atomic E-state index is 0.385. The fourth-order valence-corrected chi connectivity index (χ4v) is 12.6. The lowest BCUT2D eigenvalue weighted by Crippen LogP contribution is -2.54. The first-order valence-electron chi connectivity index (χ1n) is 25.3. The Bertz CT molecular complexity index is 3890. The van der Waals surface area contributed by atoms with Gasteiger partial charge in [-0.25, -0.2) is 9.97 Å². The molecule has 0 fully saturated rings. The predicted molar refractivity (Wildman–Crippen MR) is 314 cm³/mol. The van der Waals surface area contributed by atoms with Gasteiger partial charge in [-0.05, 0) is 62.4 Å². The molecule has 0 spiro atoms. The first-order chi connectivity index (χ1) is 37.6. The Hall–Kier alpha value is -9.19. The van der Waals surface area contributed by atoms with Crippen LogP contribution in [0.15, 0.2) is 218 Å². The Labute approximate surface area is 449 Å². The molecular weight excluding hydrogens is 971 g/mol. The SMILES string of the molecule is CCOc1cccc(-c2c3/c(=C(\C#N)c4nc5ccccc5s4)n(B(c4ccccc4)c4ccccc4)c(-c4cccc(OCC)c4)c3/c(=C(\C#N)c3nc4ccccc4s3)n2B(c2ccccc2)c2ccccc2)c1. The van der Waals surface area contributed by atoms with Crippen molar-refractivity contribution in [1.82, 2.24) is 18.9 Å². The molecule has 12 heteroatoms. The number of fused-ring (bicyclic) bond motifs is 3. The number of nitriles is 2. The zero-order valence-electron chi connectivity index (χ0n) is 41.7. The summed E-state index contributed by atoms with van der Waals surface area (Å²) in [6, 6.07) is 79.9. The van der Waals surface area contributed by atoms with Crippen molar-refractivity contribution in [3.05, 3.63) is 239 Å². The van der Waals surface area contributed by atoms with Crippen LogP contribution in [0.2, 0.25) is 0 Å². The molecule has 0 amide bonds. The topological polar surface area (TPSA) is 102 Å². The molecule has 0 N–H and O–H groups in total. The van der Waals surface area contributed by atoms with Gasteiger partial charge >= 0.3 is 13.7 Å². The second-order valence-corrected chi connectivity index (χ2v) is 20.3. The molecule has 76 heavy (non-hydrogen) atoms. The smallest absolute Gasteiger partial charge is 0.328 e. The van der Waals surface area contributed by atoms with Crippen molar-refractivity contribution < 1.29 is 9.47 Å². The highest BCUT2D eigenvalue weighted by molar-refractivity contribution is 7.20. The Kier molecular flexibility index (Phi) is 13.2. The van der Waals surface area contributed by atoms with Crippen molar-refractivity contribution in [2.24, 2.45) is 0 Å². The maximum atomic E-state index is 12.2. The largest absolute Gasteiger partial charge is 0.494 e. The molecule has 0 bridgehead atoms. The summed E-state index contributed by atoms with van der Waals surface area (Å²) in [6.07, 6.45) is 0.